The minimum atomic E-state index is -0.325. The van der Waals surface area contributed by atoms with E-state index in [-0.39, 0.29) is 17.9 Å². The lowest BCUT2D eigenvalue weighted by molar-refractivity contribution is -0.125. The summed E-state index contributed by atoms with van der Waals surface area (Å²) in [6, 6.07) is 22.4. The minimum Gasteiger partial charge on any atom is -0.497 e. The number of ether oxygens (including phenoxy) is 1. The standard InChI is InChI=1S/C28H30N4O3/c1-35-25-4-2-3-24(17-25)31-28(34)30-23-11-7-20(8-12-23)19-5-9-22(10-6-19)29-27(33)26-18-32-15-13-21(26)14-16-32/h2-12,17,21,26H,13-16,18H2,1H3,(H,29,33)(H2,30,31,34)/t26-/m0/s1. The van der Waals surface area contributed by atoms with Gasteiger partial charge in [0.15, 0.2) is 0 Å². The van der Waals surface area contributed by atoms with Gasteiger partial charge in [0.2, 0.25) is 5.91 Å². The van der Waals surface area contributed by atoms with Gasteiger partial charge < -0.3 is 25.6 Å². The fourth-order valence-corrected chi connectivity index (χ4v) is 4.98. The first kappa shape index (κ1) is 22.9. The van der Waals surface area contributed by atoms with Gasteiger partial charge in [-0.2, -0.15) is 0 Å². The van der Waals surface area contributed by atoms with Crippen LogP contribution in [0.4, 0.5) is 21.9 Å². The largest absolute Gasteiger partial charge is 0.497 e. The molecule has 6 rings (SSSR count). The van der Waals surface area contributed by atoms with Crippen molar-refractivity contribution in [3.63, 3.8) is 0 Å². The first-order valence-corrected chi connectivity index (χ1v) is 12.0. The van der Waals surface area contributed by atoms with E-state index in [0.717, 1.165) is 49.3 Å². The topological polar surface area (TPSA) is 82.7 Å². The van der Waals surface area contributed by atoms with E-state index in [1.807, 2.05) is 60.7 Å². The van der Waals surface area contributed by atoms with E-state index in [4.69, 9.17) is 4.74 Å². The molecule has 0 aromatic heterocycles. The summed E-state index contributed by atoms with van der Waals surface area (Å²) in [6.45, 7) is 3.14. The van der Waals surface area contributed by atoms with Gasteiger partial charge in [-0.1, -0.05) is 30.3 Å². The van der Waals surface area contributed by atoms with Crippen LogP contribution in [-0.2, 0) is 4.79 Å². The van der Waals surface area contributed by atoms with Gasteiger partial charge >= 0.3 is 6.03 Å². The SMILES string of the molecule is COc1cccc(NC(=O)Nc2ccc(-c3ccc(NC(=O)[C@H]4CN5CCC4CC5)cc3)cc2)c1. The Hall–Kier alpha value is -3.84. The number of piperidine rings is 3. The number of benzene rings is 3. The number of hydrogen-bond donors (Lipinski definition) is 3. The zero-order chi connectivity index (χ0) is 24.2. The third-order valence-electron chi connectivity index (χ3n) is 6.95. The Bertz CT molecular complexity index is 1190. The second-order valence-corrected chi connectivity index (χ2v) is 9.20. The maximum absolute atomic E-state index is 12.8. The molecule has 3 N–H and O–H groups in total. The van der Waals surface area contributed by atoms with E-state index in [1.54, 1.807) is 19.2 Å². The van der Waals surface area contributed by atoms with Gasteiger partial charge in [-0.05, 0) is 79.4 Å². The molecular weight excluding hydrogens is 440 g/mol. The predicted octanol–water partition coefficient (Wildman–Crippen LogP) is 5.29. The molecule has 0 spiro atoms. The summed E-state index contributed by atoms with van der Waals surface area (Å²) < 4.78 is 5.18. The molecule has 3 aliphatic heterocycles. The Kier molecular flexibility index (Phi) is 6.68. The zero-order valence-corrected chi connectivity index (χ0v) is 19.8. The molecule has 3 heterocycles. The van der Waals surface area contributed by atoms with Gasteiger partial charge in [0, 0.05) is 29.7 Å². The van der Waals surface area contributed by atoms with Gasteiger partial charge in [-0.25, -0.2) is 4.79 Å². The summed E-state index contributed by atoms with van der Waals surface area (Å²) in [6.07, 6.45) is 2.26. The monoisotopic (exact) mass is 470 g/mol. The van der Waals surface area contributed by atoms with Gasteiger partial charge in [-0.15, -0.1) is 0 Å². The second kappa shape index (κ2) is 10.2. The molecule has 3 saturated heterocycles. The number of nitrogens with zero attached hydrogens (tertiary/aromatic N) is 1. The Morgan fingerprint density at radius 1 is 0.800 bits per heavy atom. The summed E-state index contributed by atoms with van der Waals surface area (Å²) in [4.78, 5) is 27.5. The van der Waals surface area contributed by atoms with Crippen LogP contribution in [0.25, 0.3) is 11.1 Å². The molecule has 7 nitrogen and oxygen atoms in total. The number of carbonyl (C=O) groups is 2. The van der Waals surface area contributed by atoms with Crippen LogP contribution in [0.1, 0.15) is 12.8 Å². The molecule has 3 aliphatic rings. The Morgan fingerprint density at radius 3 is 1.97 bits per heavy atom. The van der Waals surface area contributed by atoms with Gasteiger partial charge in [-0.3, -0.25) is 4.79 Å². The lowest BCUT2D eigenvalue weighted by atomic mass is 9.78. The van der Waals surface area contributed by atoms with Gasteiger partial charge in [0.05, 0.1) is 13.0 Å². The van der Waals surface area contributed by atoms with Gasteiger partial charge in [0.25, 0.3) is 0 Å². The summed E-state index contributed by atoms with van der Waals surface area (Å²) in [5.74, 6) is 1.42. The van der Waals surface area contributed by atoms with Crippen LogP contribution in [0.5, 0.6) is 5.75 Å². The molecule has 3 amide bonds. The van der Waals surface area contributed by atoms with Crippen LogP contribution in [-0.4, -0.2) is 43.6 Å². The molecule has 3 aromatic carbocycles. The zero-order valence-electron chi connectivity index (χ0n) is 19.8. The summed E-state index contributed by atoms with van der Waals surface area (Å²) in [5, 5.41) is 8.74. The number of rotatable bonds is 6. The van der Waals surface area contributed by atoms with Crippen molar-refractivity contribution in [3.8, 4) is 16.9 Å². The van der Waals surface area contributed by atoms with E-state index >= 15 is 0 Å². The molecule has 1 atom stereocenters. The average molecular weight is 471 g/mol. The molecule has 0 aliphatic carbocycles. The van der Waals surface area contributed by atoms with Crippen molar-refractivity contribution in [2.75, 3.05) is 42.7 Å². The number of anilines is 3. The maximum Gasteiger partial charge on any atom is 0.323 e. The number of methoxy groups -OCH3 is 1. The maximum atomic E-state index is 12.8. The van der Waals surface area contributed by atoms with E-state index < -0.39 is 0 Å². The quantitative estimate of drug-likeness (QED) is 0.457. The van der Waals surface area contributed by atoms with E-state index in [1.165, 1.54) is 0 Å². The van der Waals surface area contributed by atoms with Crippen molar-refractivity contribution >= 4 is 29.0 Å². The summed E-state index contributed by atoms with van der Waals surface area (Å²) >= 11 is 0. The molecule has 2 bridgehead atoms. The van der Waals surface area contributed by atoms with Crippen molar-refractivity contribution < 1.29 is 14.3 Å². The summed E-state index contributed by atoms with van der Waals surface area (Å²) in [5.41, 5.74) is 4.23. The highest BCUT2D eigenvalue weighted by molar-refractivity contribution is 6.00. The Labute approximate surface area is 205 Å². The number of hydrogen-bond acceptors (Lipinski definition) is 4. The highest BCUT2D eigenvalue weighted by atomic mass is 16.5. The van der Waals surface area contributed by atoms with Crippen LogP contribution >= 0.6 is 0 Å². The third-order valence-corrected chi connectivity index (χ3v) is 6.95. The number of carbonyl (C=O) groups excluding carboxylic acids is 2. The lowest BCUT2D eigenvalue weighted by Crippen LogP contribution is -2.51. The highest BCUT2D eigenvalue weighted by Crippen LogP contribution is 2.33. The van der Waals surface area contributed by atoms with E-state index in [0.29, 0.717) is 23.0 Å². The molecule has 3 aromatic rings. The average Bonchev–Trinajstić information content (AvgIpc) is 2.90. The predicted molar refractivity (Wildman–Crippen MR) is 139 cm³/mol. The smallest absolute Gasteiger partial charge is 0.323 e. The second-order valence-electron chi connectivity index (χ2n) is 9.20. The molecule has 0 unspecified atom stereocenters. The molecule has 3 fully saturated rings. The van der Waals surface area contributed by atoms with Crippen LogP contribution in [0.3, 0.4) is 0 Å². The molecule has 7 heteroatoms. The van der Waals surface area contributed by atoms with Crippen molar-refractivity contribution in [2.24, 2.45) is 11.8 Å². The van der Waals surface area contributed by atoms with Crippen LogP contribution in [0.2, 0.25) is 0 Å². The van der Waals surface area contributed by atoms with Crippen LogP contribution in [0, 0.1) is 11.8 Å². The summed E-state index contributed by atoms with van der Waals surface area (Å²) in [7, 11) is 1.59. The first-order valence-electron chi connectivity index (χ1n) is 12.0. The van der Waals surface area contributed by atoms with Gasteiger partial charge in [0.1, 0.15) is 5.75 Å². The van der Waals surface area contributed by atoms with E-state index in [2.05, 4.69) is 20.9 Å². The molecule has 0 saturated carbocycles. The van der Waals surface area contributed by atoms with Crippen LogP contribution < -0.4 is 20.7 Å². The van der Waals surface area contributed by atoms with Crippen molar-refractivity contribution in [1.29, 1.82) is 0 Å². The molecular formula is C28H30N4O3. The van der Waals surface area contributed by atoms with E-state index in [9.17, 15) is 9.59 Å². The first-order chi connectivity index (χ1) is 17.1. The number of amides is 3. The number of urea groups is 1. The molecule has 35 heavy (non-hydrogen) atoms. The van der Waals surface area contributed by atoms with Crippen molar-refractivity contribution in [1.82, 2.24) is 4.90 Å². The van der Waals surface area contributed by atoms with Crippen LogP contribution in [0.15, 0.2) is 72.8 Å². The Morgan fingerprint density at radius 2 is 1.40 bits per heavy atom. The number of nitrogens with one attached hydrogen (secondary N) is 3. The molecule has 0 radical (unpaired) electrons. The van der Waals surface area contributed by atoms with Crippen molar-refractivity contribution in [2.45, 2.75) is 12.8 Å². The fraction of sp³-hybridized carbons (Fsp3) is 0.286. The van der Waals surface area contributed by atoms with Crippen molar-refractivity contribution in [3.05, 3.63) is 72.8 Å². The minimum absolute atomic E-state index is 0.0957. The molecule has 180 valence electrons. The number of fused-ring (bicyclic) bond motifs is 3. The fourth-order valence-electron chi connectivity index (χ4n) is 4.98. The highest BCUT2D eigenvalue weighted by Gasteiger charge is 2.38. The normalized spacial score (nSPS) is 20.7. The Balaban J connectivity index is 1.16. The lowest BCUT2D eigenvalue weighted by Gasteiger charge is -2.43. The third kappa shape index (κ3) is 5.46.